The lowest BCUT2D eigenvalue weighted by Crippen LogP contribution is -2.26. The quantitative estimate of drug-likeness (QED) is 0.763. The molecule has 0 aliphatic carbocycles. The first-order valence-corrected chi connectivity index (χ1v) is 6.11. The summed E-state index contributed by atoms with van der Waals surface area (Å²) in [6, 6.07) is 0.0412. The van der Waals surface area contributed by atoms with E-state index in [1.807, 2.05) is 11.6 Å². The predicted octanol–water partition coefficient (Wildman–Crippen LogP) is -0.595. The van der Waals surface area contributed by atoms with Crippen LogP contribution in [-0.4, -0.2) is 55.5 Å². The monoisotopic (exact) mass is 264 g/mol. The summed E-state index contributed by atoms with van der Waals surface area (Å²) < 4.78 is 1.89. The van der Waals surface area contributed by atoms with E-state index in [1.54, 1.807) is 11.4 Å². The van der Waals surface area contributed by atoms with E-state index in [-0.39, 0.29) is 18.8 Å². The summed E-state index contributed by atoms with van der Waals surface area (Å²) in [7, 11) is 1.83. The molecule has 3 N–H and O–H groups in total. The SMILES string of the molecule is CN1O[C@@H](Cn2cnc3c(N)ncnc32)C[C@H]1CO. The van der Waals surface area contributed by atoms with Crippen LogP contribution >= 0.6 is 0 Å². The number of nitrogens with zero attached hydrogens (tertiary/aromatic N) is 5. The molecule has 0 aromatic carbocycles. The van der Waals surface area contributed by atoms with E-state index < -0.39 is 0 Å². The highest BCUT2D eigenvalue weighted by atomic mass is 16.7. The number of aromatic nitrogens is 4. The van der Waals surface area contributed by atoms with Crippen LogP contribution in [-0.2, 0) is 11.4 Å². The second-order valence-corrected chi connectivity index (χ2v) is 4.67. The van der Waals surface area contributed by atoms with E-state index in [0.717, 1.165) is 6.42 Å². The third kappa shape index (κ3) is 2.14. The number of anilines is 1. The van der Waals surface area contributed by atoms with Gasteiger partial charge in [-0.1, -0.05) is 0 Å². The molecule has 0 bridgehead atoms. The fourth-order valence-electron chi connectivity index (χ4n) is 2.37. The molecule has 2 atom stereocenters. The number of nitrogen functional groups attached to an aromatic ring is 1. The fourth-order valence-corrected chi connectivity index (χ4v) is 2.37. The van der Waals surface area contributed by atoms with E-state index in [0.29, 0.717) is 23.5 Å². The van der Waals surface area contributed by atoms with Crippen molar-refractivity contribution in [2.75, 3.05) is 19.4 Å². The molecular weight excluding hydrogens is 248 g/mol. The van der Waals surface area contributed by atoms with Gasteiger partial charge in [-0.15, -0.1) is 0 Å². The maximum absolute atomic E-state index is 9.21. The third-order valence-corrected chi connectivity index (χ3v) is 3.41. The largest absolute Gasteiger partial charge is 0.395 e. The van der Waals surface area contributed by atoms with E-state index in [2.05, 4.69) is 15.0 Å². The number of hydrogen-bond donors (Lipinski definition) is 2. The Hall–Kier alpha value is -1.77. The van der Waals surface area contributed by atoms with Crippen LogP contribution in [0.2, 0.25) is 0 Å². The van der Waals surface area contributed by atoms with Crippen LogP contribution in [0.4, 0.5) is 5.82 Å². The average Bonchev–Trinajstić information content (AvgIpc) is 2.95. The highest BCUT2D eigenvalue weighted by molar-refractivity contribution is 5.81. The molecule has 3 rings (SSSR count). The van der Waals surface area contributed by atoms with Gasteiger partial charge in [0, 0.05) is 7.05 Å². The molecule has 1 aliphatic heterocycles. The van der Waals surface area contributed by atoms with Gasteiger partial charge in [0.25, 0.3) is 0 Å². The van der Waals surface area contributed by atoms with Gasteiger partial charge in [-0.25, -0.2) is 15.0 Å². The highest BCUT2D eigenvalue weighted by Crippen LogP contribution is 2.22. The lowest BCUT2D eigenvalue weighted by atomic mass is 10.1. The van der Waals surface area contributed by atoms with E-state index in [9.17, 15) is 5.11 Å². The van der Waals surface area contributed by atoms with Crippen molar-refractivity contribution < 1.29 is 9.94 Å². The standard InChI is InChI=1S/C11H16N6O2/c1-16-7(4-18)2-8(19-16)3-17-6-15-9-10(12)13-5-14-11(9)17/h5-8,18H,2-4H2,1H3,(H2,12,13,14)/t7-,8+/m0/s1. The summed E-state index contributed by atoms with van der Waals surface area (Å²) in [5.74, 6) is 0.376. The Morgan fingerprint density at radius 1 is 1.47 bits per heavy atom. The first kappa shape index (κ1) is 12.3. The lowest BCUT2D eigenvalue weighted by molar-refractivity contribution is -0.150. The van der Waals surface area contributed by atoms with Crippen molar-refractivity contribution in [2.24, 2.45) is 0 Å². The van der Waals surface area contributed by atoms with E-state index >= 15 is 0 Å². The molecule has 2 aromatic heterocycles. The van der Waals surface area contributed by atoms with Gasteiger partial charge in [0.05, 0.1) is 31.6 Å². The molecule has 1 saturated heterocycles. The number of hydrogen-bond acceptors (Lipinski definition) is 7. The van der Waals surface area contributed by atoms with Crippen molar-refractivity contribution >= 4 is 17.0 Å². The molecule has 8 heteroatoms. The van der Waals surface area contributed by atoms with Gasteiger partial charge >= 0.3 is 0 Å². The van der Waals surface area contributed by atoms with Crippen molar-refractivity contribution in [3.05, 3.63) is 12.7 Å². The molecule has 0 saturated carbocycles. The smallest absolute Gasteiger partial charge is 0.165 e. The number of likely N-dealkylation sites (N-methyl/N-ethyl adjacent to an activating group) is 1. The van der Waals surface area contributed by atoms with Gasteiger partial charge in [0.15, 0.2) is 11.5 Å². The molecule has 3 heterocycles. The van der Waals surface area contributed by atoms with Crippen LogP contribution in [0.3, 0.4) is 0 Å². The summed E-state index contributed by atoms with van der Waals surface area (Å²) in [5.41, 5.74) is 7.05. The van der Waals surface area contributed by atoms with Crippen LogP contribution in [0.1, 0.15) is 6.42 Å². The molecule has 0 unspecified atom stereocenters. The number of aliphatic hydroxyl groups is 1. The van der Waals surface area contributed by atoms with Crippen molar-refractivity contribution in [3.63, 3.8) is 0 Å². The first-order chi connectivity index (χ1) is 9.19. The Morgan fingerprint density at radius 2 is 2.32 bits per heavy atom. The Bertz CT molecular complexity index is 586. The van der Waals surface area contributed by atoms with Crippen molar-refractivity contribution in [2.45, 2.75) is 25.1 Å². The number of rotatable bonds is 3. The molecule has 19 heavy (non-hydrogen) atoms. The normalized spacial score (nSPS) is 24.3. The van der Waals surface area contributed by atoms with Gasteiger partial charge in [0.2, 0.25) is 0 Å². The fraction of sp³-hybridized carbons (Fsp3) is 0.545. The van der Waals surface area contributed by atoms with Gasteiger partial charge in [-0.05, 0) is 6.42 Å². The number of imidazole rings is 1. The average molecular weight is 264 g/mol. The van der Waals surface area contributed by atoms with Crippen LogP contribution in [0.25, 0.3) is 11.2 Å². The molecule has 1 aliphatic rings. The third-order valence-electron chi connectivity index (χ3n) is 3.41. The van der Waals surface area contributed by atoms with E-state index in [4.69, 9.17) is 10.6 Å². The minimum Gasteiger partial charge on any atom is -0.395 e. The zero-order valence-corrected chi connectivity index (χ0v) is 10.6. The zero-order valence-electron chi connectivity index (χ0n) is 10.6. The van der Waals surface area contributed by atoms with E-state index in [1.165, 1.54) is 6.33 Å². The molecule has 0 amide bonds. The van der Waals surface area contributed by atoms with Gasteiger partial charge in [-0.3, -0.25) is 4.84 Å². The summed E-state index contributed by atoms with van der Waals surface area (Å²) in [5, 5.41) is 10.9. The van der Waals surface area contributed by atoms with Crippen LogP contribution in [0.5, 0.6) is 0 Å². The predicted molar refractivity (Wildman–Crippen MR) is 67.9 cm³/mol. The summed E-state index contributed by atoms with van der Waals surface area (Å²) in [4.78, 5) is 18.0. The molecule has 2 aromatic rings. The highest BCUT2D eigenvalue weighted by Gasteiger charge is 2.30. The molecule has 0 radical (unpaired) electrons. The Morgan fingerprint density at radius 3 is 3.05 bits per heavy atom. The lowest BCUT2D eigenvalue weighted by Gasteiger charge is -2.14. The number of aliphatic hydroxyl groups excluding tert-OH is 1. The maximum Gasteiger partial charge on any atom is 0.165 e. The second-order valence-electron chi connectivity index (χ2n) is 4.67. The molecule has 1 fully saturated rings. The van der Waals surface area contributed by atoms with Crippen LogP contribution in [0.15, 0.2) is 12.7 Å². The zero-order chi connectivity index (χ0) is 13.4. The topological polar surface area (TPSA) is 102 Å². The summed E-state index contributed by atoms with van der Waals surface area (Å²) in [6.45, 7) is 0.709. The van der Waals surface area contributed by atoms with Crippen LogP contribution < -0.4 is 5.73 Å². The Labute approximate surface area is 109 Å². The Kier molecular flexibility index (Phi) is 3.05. The molecule has 102 valence electrons. The number of nitrogens with two attached hydrogens (primary N) is 1. The van der Waals surface area contributed by atoms with Crippen molar-refractivity contribution in [1.82, 2.24) is 24.6 Å². The van der Waals surface area contributed by atoms with Crippen molar-refractivity contribution in [3.8, 4) is 0 Å². The van der Waals surface area contributed by atoms with Crippen LogP contribution in [0, 0.1) is 0 Å². The van der Waals surface area contributed by atoms with Gasteiger partial charge < -0.3 is 15.4 Å². The molecule has 8 nitrogen and oxygen atoms in total. The molecule has 0 spiro atoms. The second kappa shape index (κ2) is 4.72. The number of hydroxylamine groups is 2. The maximum atomic E-state index is 9.21. The minimum absolute atomic E-state index is 0.00394. The van der Waals surface area contributed by atoms with Crippen molar-refractivity contribution in [1.29, 1.82) is 0 Å². The Balaban J connectivity index is 1.81. The first-order valence-electron chi connectivity index (χ1n) is 6.11. The van der Waals surface area contributed by atoms with Gasteiger partial charge in [0.1, 0.15) is 11.8 Å². The summed E-state index contributed by atoms with van der Waals surface area (Å²) in [6.07, 6.45) is 3.88. The minimum atomic E-state index is -0.00394. The number of fused-ring (bicyclic) bond motifs is 1. The summed E-state index contributed by atoms with van der Waals surface area (Å²) >= 11 is 0. The van der Waals surface area contributed by atoms with Gasteiger partial charge in [-0.2, -0.15) is 5.06 Å². The molecular formula is C11H16N6O2.